The van der Waals surface area contributed by atoms with Crippen molar-refractivity contribution in [1.29, 1.82) is 0 Å². The first-order chi connectivity index (χ1) is 10.3. The predicted octanol–water partition coefficient (Wildman–Crippen LogP) is 4.70. The number of halogens is 1. The Bertz CT molecular complexity index is 641. The summed E-state index contributed by atoms with van der Waals surface area (Å²) in [6.07, 6.45) is 1.24. The Morgan fingerprint density at radius 2 is 1.71 bits per heavy atom. The van der Waals surface area contributed by atoms with E-state index < -0.39 is 0 Å². The van der Waals surface area contributed by atoms with E-state index in [9.17, 15) is 0 Å². The van der Waals surface area contributed by atoms with Gasteiger partial charge < -0.3 is 9.47 Å². The summed E-state index contributed by atoms with van der Waals surface area (Å²) in [6.45, 7) is 1.28. The Labute approximate surface area is 133 Å². The van der Waals surface area contributed by atoms with Crippen LogP contribution < -0.4 is 9.47 Å². The highest BCUT2D eigenvalue weighted by Crippen LogP contribution is 2.57. The van der Waals surface area contributed by atoms with Gasteiger partial charge in [0.2, 0.25) is 0 Å². The van der Waals surface area contributed by atoms with Crippen LogP contribution in [0.1, 0.15) is 28.3 Å². The summed E-state index contributed by atoms with van der Waals surface area (Å²) in [7, 11) is 0. The molecule has 1 aliphatic heterocycles. The van der Waals surface area contributed by atoms with Gasteiger partial charge in [-0.3, -0.25) is 0 Å². The van der Waals surface area contributed by atoms with Gasteiger partial charge in [0.05, 0.1) is 0 Å². The van der Waals surface area contributed by atoms with E-state index in [1.807, 2.05) is 6.07 Å². The molecule has 3 heteroatoms. The summed E-state index contributed by atoms with van der Waals surface area (Å²) < 4.78 is 11.3. The molecule has 0 spiro atoms. The summed E-state index contributed by atoms with van der Waals surface area (Å²) >= 11 is 3.88. The highest BCUT2D eigenvalue weighted by atomic mass is 79.9. The SMILES string of the molecule is BrC(c1ccc2c(c1)OCCO2)C1CC1c1ccccc1. The van der Waals surface area contributed by atoms with Crippen LogP contribution in [0.5, 0.6) is 11.5 Å². The first-order valence-electron chi connectivity index (χ1n) is 7.41. The van der Waals surface area contributed by atoms with Gasteiger partial charge in [-0.1, -0.05) is 52.3 Å². The molecule has 2 aromatic carbocycles. The molecule has 21 heavy (non-hydrogen) atoms. The first-order valence-corrected chi connectivity index (χ1v) is 8.33. The number of fused-ring (bicyclic) bond motifs is 1. The number of hydrogen-bond acceptors (Lipinski definition) is 2. The van der Waals surface area contributed by atoms with Gasteiger partial charge in [-0.25, -0.2) is 0 Å². The molecule has 2 nitrogen and oxygen atoms in total. The van der Waals surface area contributed by atoms with Crippen molar-refractivity contribution in [3.63, 3.8) is 0 Å². The molecular formula is C18H17BrO2. The topological polar surface area (TPSA) is 18.5 Å². The van der Waals surface area contributed by atoms with E-state index >= 15 is 0 Å². The minimum absolute atomic E-state index is 0.374. The fraction of sp³-hybridized carbons (Fsp3) is 0.333. The van der Waals surface area contributed by atoms with Crippen molar-refractivity contribution in [2.75, 3.05) is 13.2 Å². The zero-order chi connectivity index (χ0) is 14.2. The van der Waals surface area contributed by atoms with Gasteiger partial charge in [0.1, 0.15) is 13.2 Å². The van der Waals surface area contributed by atoms with Crippen molar-refractivity contribution in [2.45, 2.75) is 17.2 Å². The summed E-state index contributed by atoms with van der Waals surface area (Å²) in [4.78, 5) is 0.374. The average molecular weight is 345 g/mol. The Hall–Kier alpha value is -1.48. The molecule has 3 atom stereocenters. The van der Waals surface area contributed by atoms with Crippen LogP contribution in [0, 0.1) is 5.92 Å². The summed E-state index contributed by atoms with van der Waals surface area (Å²) in [5.74, 6) is 3.07. The zero-order valence-electron chi connectivity index (χ0n) is 11.7. The smallest absolute Gasteiger partial charge is 0.161 e. The van der Waals surface area contributed by atoms with Gasteiger partial charge >= 0.3 is 0 Å². The van der Waals surface area contributed by atoms with Crippen molar-refractivity contribution in [3.8, 4) is 11.5 Å². The Balaban J connectivity index is 1.52. The largest absolute Gasteiger partial charge is 0.486 e. The van der Waals surface area contributed by atoms with Crippen molar-refractivity contribution >= 4 is 15.9 Å². The third-order valence-electron chi connectivity index (χ3n) is 4.33. The standard InChI is InChI=1S/C18H17BrO2/c19-18(15-11-14(15)12-4-2-1-3-5-12)13-6-7-16-17(10-13)21-9-8-20-16/h1-7,10,14-15,18H,8-9,11H2. The lowest BCUT2D eigenvalue weighted by molar-refractivity contribution is 0.171. The van der Waals surface area contributed by atoms with Gasteiger partial charge in [-0.2, -0.15) is 0 Å². The second-order valence-electron chi connectivity index (χ2n) is 5.72. The van der Waals surface area contributed by atoms with Crippen LogP contribution in [0.25, 0.3) is 0 Å². The lowest BCUT2D eigenvalue weighted by Gasteiger charge is -2.20. The van der Waals surface area contributed by atoms with Crippen molar-refractivity contribution in [3.05, 3.63) is 59.7 Å². The molecule has 1 aliphatic carbocycles. The number of benzene rings is 2. The van der Waals surface area contributed by atoms with Gasteiger partial charge in [0.25, 0.3) is 0 Å². The van der Waals surface area contributed by atoms with Gasteiger partial charge in [0.15, 0.2) is 11.5 Å². The summed E-state index contributed by atoms with van der Waals surface area (Å²) in [5.41, 5.74) is 2.73. The molecule has 0 saturated heterocycles. The minimum atomic E-state index is 0.374. The number of ether oxygens (including phenoxy) is 2. The third-order valence-corrected chi connectivity index (χ3v) is 5.54. The fourth-order valence-electron chi connectivity index (χ4n) is 3.10. The monoisotopic (exact) mass is 344 g/mol. The second kappa shape index (κ2) is 5.38. The van der Waals surface area contributed by atoms with E-state index in [1.54, 1.807) is 0 Å². The molecule has 0 bridgehead atoms. The summed E-state index contributed by atoms with van der Waals surface area (Å²) in [6, 6.07) is 17.1. The maximum Gasteiger partial charge on any atom is 0.161 e. The molecule has 1 saturated carbocycles. The lowest BCUT2D eigenvalue weighted by Crippen LogP contribution is -2.15. The molecular weight excluding hydrogens is 328 g/mol. The van der Waals surface area contributed by atoms with E-state index in [4.69, 9.17) is 9.47 Å². The van der Waals surface area contributed by atoms with Crippen molar-refractivity contribution in [1.82, 2.24) is 0 Å². The van der Waals surface area contributed by atoms with Gasteiger partial charge in [-0.05, 0) is 41.5 Å². The predicted molar refractivity (Wildman–Crippen MR) is 86.4 cm³/mol. The van der Waals surface area contributed by atoms with E-state index in [1.165, 1.54) is 17.5 Å². The molecule has 3 unspecified atom stereocenters. The molecule has 0 radical (unpaired) electrons. The highest BCUT2D eigenvalue weighted by molar-refractivity contribution is 9.09. The number of hydrogen-bond donors (Lipinski definition) is 0. The molecule has 2 aliphatic rings. The Kier molecular flexibility index (Phi) is 3.38. The average Bonchev–Trinajstić information content (AvgIpc) is 3.35. The van der Waals surface area contributed by atoms with E-state index in [2.05, 4.69) is 58.4 Å². The van der Waals surface area contributed by atoms with Crippen LogP contribution >= 0.6 is 15.9 Å². The lowest BCUT2D eigenvalue weighted by atomic mass is 10.0. The maximum absolute atomic E-state index is 5.68. The van der Waals surface area contributed by atoms with Crippen LogP contribution in [-0.2, 0) is 0 Å². The zero-order valence-corrected chi connectivity index (χ0v) is 13.3. The highest BCUT2D eigenvalue weighted by Gasteiger charge is 2.43. The molecule has 0 aromatic heterocycles. The van der Waals surface area contributed by atoms with Gasteiger partial charge in [-0.15, -0.1) is 0 Å². The van der Waals surface area contributed by atoms with Gasteiger partial charge in [0, 0.05) is 4.83 Å². The van der Waals surface area contributed by atoms with Crippen LogP contribution in [0.15, 0.2) is 48.5 Å². The fourth-order valence-corrected chi connectivity index (χ4v) is 3.97. The molecule has 0 amide bonds. The molecule has 1 fully saturated rings. The summed E-state index contributed by atoms with van der Waals surface area (Å²) in [5, 5.41) is 0. The van der Waals surface area contributed by atoms with E-state index in [-0.39, 0.29) is 0 Å². The molecule has 108 valence electrons. The second-order valence-corrected chi connectivity index (χ2v) is 6.71. The number of rotatable bonds is 3. The molecule has 2 aromatic rings. The van der Waals surface area contributed by atoms with Crippen LogP contribution in [0.3, 0.4) is 0 Å². The maximum atomic E-state index is 5.68. The minimum Gasteiger partial charge on any atom is -0.486 e. The Morgan fingerprint density at radius 3 is 2.52 bits per heavy atom. The third kappa shape index (κ3) is 2.55. The van der Waals surface area contributed by atoms with Crippen LogP contribution in [0.4, 0.5) is 0 Å². The van der Waals surface area contributed by atoms with Crippen molar-refractivity contribution < 1.29 is 9.47 Å². The normalized spacial score (nSPS) is 24.4. The molecule has 0 N–H and O–H groups in total. The molecule has 4 rings (SSSR count). The van der Waals surface area contributed by atoms with E-state index in [0.29, 0.717) is 29.9 Å². The van der Waals surface area contributed by atoms with Crippen LogP contribution in [-0.4, -0.2) is 13.2 Å². The Morgan fingerprint density at radius 1 is 0.952 bits per heavy atom. The van der Waals surface area contributed by atoms with Crippen LogP contribution in [0.2, 0.25) is 0 Å². The quantitative estimate of drug-likeness (QED) is 0.751. The first kappa shape index (κ1) is 13.2. The number of alkyl halides is 1. The molecule has 1 heterocycles. The van der Waals surface area contributed by atoms with Crippen molar-refractivity contribution in [2.24, 2.45) is 5.92 Å². The van der Waals surface area contributed by atoms with E-state index in [0.717, 1.165) is 11.5 Å².